The molecule has 20 heavy (non-hydrogen) atoms. The maximum atomic E-state index is 13.7. The molecule has 0 spiro atoms. The molecule has 4 nitrogen and oxygen atoms in total. The van der Waals surface area contributed by atoms with Crippen molar-refractivity contribution < 1.29 is 13.9 Å². The van der Waals surface area contributed by atoms with Crippen LogP contribution in [0, 0.1) is 11.2 Å². The van der Waals surface area contributed by atoms with Crippen LogP contribution in [0.5, 0.6) is 0 Å². The molecule has 0 aromatic heterocycles. The van der Waals surface area contributed by atoms with Crippen molar-refractivity contribution in [2.24, 2.45) is 5.41 Å². The number of halogens is 2. The Kier molecular flexibility index (Phi) is 5.12. The third-order valence-corrected chi connectivity index (χ3v) is 4.13. The van der Waals surface area contributed by atoms with Gasteiger partial charge < -0.3 is 15.4 Å². The molecule has 0 bridgehead atoms. The fourth-order valence-electron chi connectivity index (χ4n) is 2.47. The van der Waals surface area contributed by atoms with Crippen molar-refractivity contribution in [1.82, 2.24) is 5.32 Å². The first kappa shape index (κ1) is 15.4. The van der Waals surface area contributed by atoms with Gasteiger partial charge in [-0.05, 0) is 44.1 Å². The predicted molar refractivity (Wildman–Crippen MR) is 79.1 cm³/mol. The summed E-state index contributed by atoms with van der Waals surface area (Å²) < 4.78 is 19.7. The molecule has 1 aromatic carbocycles. The quantitative estimate of drug-likeness (QED) is 0.882. The van der Waals surface area contributed by atoms with E-state index in [0.717, 1.165) is 17.6 Å². The number of anilines is 1. The fraction of sp³-hybridized carbons (Fsp3) is 0.500. The Labute approximate surface area is 126 Å². The van der Waals surface area contributed by atoms with Crippen molar-refractivity contribution in [2.45, 2.75) is 12.8 Å². The zero-order valence-corrected chi connectivity index (χ0v) is 12.9. The number of ether oxygens (including phenoxy) is 1. The van der Waals surface area contributed by atoms with Gasteiger partial charge >= 0.3 is 0 Å². The Morgan fingerprint density at radius 1 is 1.50 bits per heavy atom. The summed E-state index contributed by atoms with van der Waals surface area (Å²) in [6.45, 7) is 1.87. The minimum absolute atomic E-state index is 0.183. The van der Waals surface area contributed by atoms with Crippen LogP contribution >= 0.6 is 15.9 Å². The summed E-state index contributed by atoms with van der Waals surface area (Å²) in [6, 6.07) is 4.49. The maximum absolute atomic E-state index is 13.7. The highest BCUT2D eigenvalue weighted by Crippen LogP contribution is 2.31. The van der Waals surface area contributed by atoms with Gasteiger partial charge in [0, 0.05) is 11.6 Å². The van der Waals surface area contributed by atoms with E-state index in [-0.39, 0.29) is 11.6 Å². The lowest BCUT2D eigenvalue weighted by molar-refractivity contribution is -0.130. The molecular formula is C14H18BrFN2O2. The zero-order chi connectivity index (χ0) is 14.6. The monoisotopic (exact) mass is 344 g/mol. The molecule has 0 radical (unpaired) electrons. The summed E-state index contributed by atoms with van der Waals surface area (Å²) in [7, 11) is 1.58. The first-order valence-electron chi connectivity index (χ1n) is 6.53. The van der Waals surface area contributed by atoms with Crippen molar-refractivity contribution in [3.8, 4) is 0 Å². The van der Waals surface area contributed by atoms with Crippen LogP contribution in [0.2, 0.25) is 0 Å². The lowest BCUT2D eigenvalue weighted by Gasteiger charge is -2.35. The predicted octanol–water partition coefficient (Wildman–Crippen LogP) is 2.54. The fourth-order valence-corrected chi connectivity index (χ4v) is 2.83. The number of rotatable bonds is 4. The molecule has 1 saturated heterocycles. The van der Waals surface area contributed by atoms with Gasteiger partial charge in [0.1, 0.15) is 5.82 Å². The highest BCUT2D eigenvalue weighted by molar-refractivity contribution is 9.10. The standard InChI is InChI=1S/C14H18BrFN2O2/c1-20-9-14(4-6-17-7-5-14)13(19)18-12-8-10(15)2-3-11(12)16/h2-3,8,17H,4-7,9H2,1H3,(H,18,19). The average Bonchev–Trinajstić information content (AvgIpc) is 2.44. The second-order valence-electron chi connectivity index (χ2n) is 5.04. The first-order valence-corrected chi connectivity index (χ1v) is 7.33. The summed E-state index contributed by atoms with van der Waals surface area (Å²) in [6.07, 6.45) is 1.37. The molecule has 110 valence electrons. The summed E-state index contributed by atoms with van der Waals surface area (Å²) in [5.41, 5.74) is -0.396. The van der Waals surface area contributed by atoms with E-state index in [9.17, 15) is 9.18 Å². The number of hydrogen-bond donors (Lipinski definition) is 2. The van der Waals surface area contributed by atoms with Crippen molar-refractivity contribution in [1.29, 1.82) is 0 Å². The Bertz CT molecular complexity index is 485. The number of methoxy groups -OCH3 is 1. The van der Waals surface area contributed by atoms with Crippen LogP contribution in [-0.2, 0) is 9.53 Å². The third kappa shape index (κ3) is 3.37. The minimum atomic E-state index is -0.589. The number of carbonyl (C=O) groups excluding carboxylic acids is 1. The number of hydrogen-bond acceptors (Lipinski definition) is 3. The summed E-state index contributed by atoms with van der Waals surface area (Å²) in [5, 5.41) is 5.91. The third-order valence-electron chi connectivity index (χ3n) is 3.64. The molecule has 0 aliphatic carbocycles. The van der Waals surface area contributed by atoms with Gasteiger partial charge in [0.2, 0.25) is 5.91 Å². The largest absolute Gasteiger partial charge is 0.384 e. The highest BCUT2D eigenvalue weighted by Gasteiger charge is 2.39. The van der Waals surface area contributed by atoms with Gasteiger partial charge in [0.15, 0.2) is 0 Å². The van der Waals surface area contributed by atoms with Gasteiger partial charge in [0.05, 0.1) is 17.7 Å². The molecule has 1 aliphatic heterocycles. The maximum Gasteiger partial charge on any atom is 0.233 e. The Morgan fingerprint density at radius 3 is 2.85 bits per heavy atom. The summed E-state index contributed by atoms with van der Waals surface area (Å²) in [5.74, 6) is -0.624. The second-order valence-corrected chi connectivity index (χ2v) is 5.96. The van der Waals surface area contributed by atoms with Gasteiger partial charge in [-0.3, -0.25) is 4.79 Å². The molecule has 2 rings (SSSR count). The van der Waals surface area contributed by atoms with E-state index in [2.05, 4.69) is 26.6 Å². The number of carbonyl (C=O) groups is 1. The van der Waals surface area contributed by atoms with E-state index in [1.54, 1.807) is 19.2 Å². The minimum Gasteiger partial charge on any atom is -0.384 e. The summed E-state index contributed by atoms with van der Waals surface area (Å²) in [4.78, 5) is 12.5. The molecule has 1 aliphatic rings. The van der Waals surface area contributed by atoms with Crippen molar-refractivity contribution >= 4 is 27.5 Å². The van der Waals surface area contributed by atoms with Gasteiger partial charge in [-0.1, -0.05) is 15.9 Å². The molecule has 0 atom stereocenters. The number of nitrogens with one attached hydrogen (secondary N) is 2. The molecule has 1 amide bonds. The topological polar surface area (TPSA) is 50.4 Å². The van der Waals surface area contributed by atoms with Gasteiger partial charge in [-0.15, -0.1) is 0 Å². The smallest absolute Gasteiger partial charge is 0.233 e. The molecule has 0 saturated carbocycles. The molecule has 6 heteroatoms. The first-order chi connectivity index (χ1) is 9.57. The highest BCUT2D eigenvalue weighted by atomic mass is 79.9. The van der Waals surface area contributed by atoms with Crippen LogP contribution in [0.15, 0.2) is 22.7 Å². The van der Waals surface area contributed by atoms with Crippen LogP contribution in [-0.4, -0.2) is 32.7 Å². The lowest BCUT2D eigenvalue weighted by atomic mass is 9.78. The number of amides is 1. The van der Waals surface area contributed by atoms with E-state index in [1.165, 1.54) is 6.07 Å². The van der Waals surface area contributed by atoms with Crippen molar-refractivity contribution in [3.63, 3.8) is 0 Å². The van der Waals surface area contributed by atoms with Gasteiger partial charge in [-0.25, -0.2) is 4.39 Å². The average molecular weight is 345 g/mol. The SMILES string of the molecule is COCC1(C(=O)Nc2cc(Br)ccc2F)CCNCC1. The number of piperidine rings is 1. The molecule has 2 N–H and O–H groups in total. The van der Waals surface area contributed by atoms with Crippen LogP contribution in [0.25, 0.3) is 0 Å². The van der Waals surface area contributed by atoms with Crippen LogP contribution in [0.1, 0.15) is 12.8 Å². The molecule has 1 heterocycles. The van der Waals surface area contributed by atoms with E-state index < -0.39 is 11.2 Å². The molecule has 1 aromatic rings. The van der Waals surface area contributed by atoms with E-state index in [0.29, 0.717) is 19.4 Å². The zero-order valence-electron chi connectivity index (χ0n) is 11.3. The van der Waals surface area contributed by atoms with Crippen molar-refractivity contribution in [3.05, 3.63) is 28.5 Å². The molecular weight excluding hydrogens is 327 g/mol. The van der Waals surface area contributed by atoms with E-state index >= 15 is 0 Å². The summed E-state index contributed by atoms with van der Waals surface area (Å²) >= 11 is 3.27. The Balaban J connectivity index is 2.18. The van der Waals surface area contributed by atoms with Gasteiger partial charge in [0.25, 0.3) is 0 Å². The van der Waals surface area contributed by atoms with Crippen LogP contribution in [0.3, 0.4) is 0 Å². The Hall–Kier alpha value is -0.980. The van der Waals surface area contributed by atoms with E-state index in [4.69, 9.17) is 4.74 Å². The Morgan fingerprint density at radius 2 is 2.20 bits per heavy atom. The van der Waals surface area contributed by atoms with Crippen LogP contribution in [0.4, 0.5) is 10.1 Å². The number of benzene rings is 1. The molecule has 0 unspecified atom stereocenters. The van der Waals surface area contributed by atoms with Crippen molar-refractivity contribution in [2.75, 3.05) is 32.1 Å². The second kappa shape index (κ2) is 6.65. The molecule has 1 fully saturated rings. The van der Waals surface area contributed by atoms with E-state index in [1.807, 2.05) is 0 Å². The normalized spacial score (nSPS) is 17.8. The van der Waals surface area contributed by atoms with Crippen LogP contribution < -0.4 is 10.6 Å². The lowest BCUT2D eigenvalue weighted by Crippen LogP contribution is -2.47. The van der Waals surface area contributed by atoms with Gasteiger partial charge in [-0.2, -0.15) is 0 Å².